The molecule has 156 valence electrons. The monoisotopic (exact) mass is 403 g/mol. The lowest BCUT2D eigenvalue weighted by Crippen LogP contribution is -2.32. The summed E-state index contributed by atoms with van der Waals surface area (Å²) in [6, 6.07) is 13.6. The number of para-hydroxylation sites is 1. The van der Waals surface area contributed by atoms with Crippen LogP contribution in [-0.4, -0.2) is 33.7 Å². The molecule has 3 aromatic rings. The van der Waals surface area contributed by atoms with E-state index in [1.54, 1.807) is 0 Å². The van der Waals surface area contributed by atoms with Gasteiger partial charge < -0.3 is 11.5 Å². The number of benzene rings is 2. The average molecular weight is 404 g/mol. The van der Waals surface area contributed by atoms with Gasteiger partial charge in [-0.3, -0.25) is 14.4 Å². The van der Waals surface area contributed by atoms with Crippen LogP contribution in [0.2, 0.25) is 0 Å². The van der Waals surface area contributed by atoms with E-state index in [1.807, 2.05) is 48.1 Å². The van der Waals surface area contributed by atoms with Gasteiger partial charge in [-0.2, -0.15) is 5.10 Å². The molecule has 1 amide bonds. The Hall–Kier alpha value is -3.12. The fourth-order valence-electron chi connectivity index (χ4n) is 4.46. The van der Waals surface area contributed by atoms with E-state index in [0.717, 1.165) is 49.3 Å². The van der Waals surface area contributed by atoms with E-state index < -0.39 is 5.91 Å². The Bertz CT molecular complexity index is 1060. The lowest BCUT2D eigenvalue weighted by Gasteiger charge is -2.32. The Morgan fingerprint density at radius 2 is 1.87 bits per heavy atom. The van der Waals surface area contributed by atoms with Crippen molar-refractivity contribution in [1.82, 2.24) is 14.7 Å². The zero-order valence-electron chi connectivity index (χ0n) is 17.6. The number of anilines is 1. The topological polar surface area (TPSA) is 90.2 Å². The number of carbonyl (C=O) groups excluding carboxylic acids is 1. The first-order valence-corrected chi connectivity index (χ1v) is 10.4. The zero-order valence-corrected chi connectivity index (χ0v) is 17.6. The molecular weight excluding hydrogens is 374 g/mol. The second-order valence-electron chi connectivity index (χ2n) is 8.22. The summed E-state index contributed by atoms with van der Waals surface area (Å²) in [7, 11) is 1.97. The van der Waals surface area contributed by atoms with Crippen LogP contribution in [0, 0.1) is 6.92 Å². The molecule has 0 atom stereocenters. The van der Waals surface area contributed by atoms with Gasteiger partial charge in [0.25, 0.3) is 0 Å². The minimum absolute atomic E-state index is 0.429. The molecular formula is C24H29N5O. The van der Waals surface area contributed by atoms with E-state index in [4.69, 9.17) is 11.5 Å². The van der Waals surface area contributed by atoms with Crippen molar-refractivity contribution in [2.24, 2.45) is 12.8 Å². The Morgan fingerprint density at radius 1 is 1.13 bits per heavy atom. The predicted octanol–water partition coefficient (Wildman–Crippen LogP) is 3.46. The van der Waals surface area contributed by atoms with Gasteiger partial charge in [-0.1, -0.05) is 24.3 Å². The van der Waals surface area contributed by atoms with E-state index in [9.17, 15) is 4.79 Å². The smallest absolute Gasteiger partial charge is 0.249 e. The summed E-state index contributed by atoms with van der Waals surface area (Å²) in [5, 5.41) is 4.45. The highest BCUT2D eigenvalue weighted by atomic mass is 16.1. The van der Waals surface area contributed by atoms with Gasteiger partial charge >= 0.3 is 0 Å². The number of aromatic nitrogens is 2. The van der Waals surface area contributed by atoms with Crippen molar-refractivity contribution in [3.8, 4) is 11.1 Å². The molecule has 6 nitrogen and oxygen atoms in total. The van der Waals surface area contributed by atoms with Gasteiger partial charge in [0.15, 0.2) is 0 Å². The molecule has 1 aromatic heterocycles. The fourth-order valence-corrected chi connectivity index (χ4v) is 4.46. The van der Waals surface area contributed by atoms with E-state index >= 15 is 0 Å². The lowest BCUT2D eigenvalue weighted by molar-refractivity contribution is 0.100. The normalized spacial score (nSPS) is 15.4. The molecule has 1 saturated heterocycles. The van der Waals surface area contributed by atoms with Crippen LogP contribution >= 0.6 is 0 Å². The summed E-state index contributed by atoms with van der Waals surface area (Å²) in [5.41, 5.74) is 18.3. The first kappa shape index (κ1) is 20.2. The number of rotatable bonds is 5. The van der Waals surface area contributed by atoms with Gasteiger partial charge in [-0.05, 0) is 68.1 Å². The quantitative estimate of drug-likeness (QED) is 0.639. The molecule has 0 radical (unpaired) electrons. The van der Waals surface area contributed by atoms with Crippen molar-refractivity contribution >= 4 is 11.6 Å². The molecule has 30 heavy (non-hydrogen) atoms. The summed E-state index contributed by atoms with van der Waals surface area (Å²) in [5.74, 6) is 0.0309. The molecule has 1 fully saturated rings. The molecule has 2 aromatic carbocycles. The van der Waals surface area contributed by atoms with Crippen molar-refractivity contribution in [3.05, 3.63) is 71.0 Å². The number of aryl methyl sites for hydroxylation is 2. The molecule has 0 unspecified atom stereocenters. The van der Waals surface area contributed by atoms with Crippen molar-refractivity contribution in [1.29, 1.82) is 0 Å². The molecule has 0 saturated carbocycles. The highest BCUT2D eigenvalue weighted by molar-refractivity contribution is 6.01. The highest BCUT2D eigenvalue weighted by Crippen LogP contribution is 2.35. The van der Waals surface area contributed by atoms with E-state index in [0.29, 0.717) is 17.2 Å². The third kappa shape index (κ3) is 4.09. The molecule has 0 spiro atoms. The van der Waals surface area contributed by atoms with E-state index in [2.05, 4.69) is 29.2 Å². The number of amides is 1. The van der Waals surface area contributed by atoms with Crippen LogP contribution in [0.3, 0.4) is 0 Å². The van der Waals surface area contributed by atoms with Crippen LogP contribution < -0.4 is 11.5 Å². The number of piperidine rings is 1. The second-order valence-corrected chi connectivity index (χ2v) is 8.22. The minimum Gasteiger partial charge on any atom is -0.398 e. The maximum Gasteiger partial charge on any atom is 0.249 e. The highest BCUT2D eigenvalue weighted by Gasteiger charge is 2.23. The Labute approximate surface area is 177 Å². The molecule has 1 aliphatic heterocycles. The molecule has 4 rings (SSSR count). The second kappa shape index (κ2) is 8.32. The van der Waals surface area contributed by atoms with Gasteiger partial charge in [0.2, 0.25) is 5.91 Å². The summed E-state index contributed by atoms with van der Waals surface area (Å²) in [6.07, 6.45) is 4.28. The van der Waals surface area contributed by atoms with Gasteiger partial charge in [0.1, 0.15) is 0 Å². The number of likely N-dealkylation sites (tertiary alicyclic amines) is 1. The number of hydrogen-bond acceptors (Lipinski definition) is 4. The van der Waals surface area contributed by atoms with Gasteiger partial charge in [0, 0.05) is 42.2 Å². The average Bonchev–Trinajstić information content (AvgIpc) is 3.05. The largest absolute Gasteiger partial charge is 0.398 e. The first-order chi connectivity index (χ1) is 14.4. The Kier molecular flexibility index (Phi) is 5.59. The fraction of sp³-hybridized carbons (Fsp3) is 0.333. The number of nitrogen functional groups attached to an aromatic ring is 1. The summed E-state index contributed by atoms with van der Waals surface area (Å²) in [4.78, 5) is 14.5. The summed E-state index contributed by atoms with van der Waals surface area (Å²) < 4.78 is 1.88. The zero-order chi connectivity index (χ0) is 21.3. The number of carbonyl (C=O) groups is 1. The number of nitrogens with two attached hydrogens (primary N) is 2. The van der Waals surface area contributed by atoms with Crippen molar-refractivity contribution in [2.75, 3.05) is 18.8 Å². The van der Waals surface area contributed by atoms with Crippen molar-refractivity contribution in [2.45, 2.75) is 32.2 Å². The summed E-state index contributed by atoms with van der Waals surface area (Å²) in [6.45, 7) is 5.09. The lowest BCUT2D eigenvalue weighted by atomic mass is 9.86. The SMILES string of the molecule is Cc1nn(C)cc1CN1CCC(c2ccc(C(N)=O)c(-c3ccccc3N)c2)CC1. The maximum absolute atomic E-state index is 12.0. The standard InChI is InChI=1S/C24H29N5O/c1-16-19(14-28(2)27-16)15-29-11-9-17(10-12-29)18-7-8-21(24(26)30)22(13-18)20-5-3-4-6-23(20)25/h3-8,13-14,17H,9-12,15,25H2,1-2H3,(H2,26,30). The molecule has 0 bridgehead atoms. The van der Waals surface area contributed by atoms with Crippen LogP contribution in [0.4, 0.5) is 5.69 Å². The van der Waals surface area contributed by atoms with Crippen LogP contribution in [0.25, 0.3) is 11.1 Å². The third-order valence-electron chi connectivity index (χ3n) is 6.13. The molecule has 2 heterocycles. The molecule has 0 aliphatic carbocycles. The van der Waals surface area contributed by atoms with Crippen LogP contribution in [0.5, 0.6) is 0 Å². The van der Waals surface area contributed by atoms with Crippen molar-refractivity contribution < 1.29 is 4.79 Å². The van der Waals surface area contributed by atoms with E-state index in [1.165, 1.54) is 11.1 Å². The first-order valence-electron chi connectivity index (χ1n) is 10.4. The van der Waals surface area contributed by atoms with Gasteiger partial charge in [0.05, 0.1) is 5.69 Å². The Balaban J connectivity index is 1.52. The molecule has 6 heteroatoms. The molecule has 4 N–H and O–H groups in total. The van der Waals surface area contributed by atoms with Crippen molar-refractivity contribution in [3.63, 3.8) is 0 Å². The van der Waals surface area contributed by atoms with Crippen LogP contribution in [0.1, 0.15) is 45.9 Å². The minimum atomic E-state index is -0.429. The van der Waals surface area contributed by atoms with Gasteiger partial charge in [-0.25, -0.2) is 0 Å². The third-order valence-corrected chi connectivity index (χ3v) is 6.13. The maximum atomic E-state index is 12.0. The summed E-state index contributed by atoms with van der Waals surface area (Å²) >= 11 is 0. The molecule has 1 aliphatic rings. The number of nitrogens with zero attached hydrogens (tertiary/aromatic N) is 3. The van der Waals surface area contributed by atoms with Gasteiger partial charge in [-0.15, -0.1) is 0 Å². The number of primary amides is 1. The predicted molar refractivity (Wildman–Crippen MR) is 120 cm³/mol. The van der Waals surface area contributed by atoms with Crippen LogP contribution in [-0.2, 0) is 13.6 Å². The Morgan fingerprint density at radius 3 is 2.50 bits per heavy atom. The van der Waals surface area contributed by atoms with Crippen LogP contribution in [0.15, 0.2) is 48.7 Å². The number of hydrogen-bond donors (Lipinski definition) is 2. The van der Waals surface area contributed by atoms with E-state index in [-0.39, 0.29) is 0 Å².